The molecule has 1 aromatic heterocycles. The van der Waals surface area contributed by atoms with E-state index in [-0.39, 0.29) is 24.1 Å². The Morgan fingerprint density at radius 1 is 1.15 bits per heavy atom. The zero-order valence-corrected chi connectivity index (χ0v) is 18.2. The van der Waals surface area contributed by atoms with Crippen molar-refractivity contribution in [1.29, 1.82) is 0 Å². The van der Waals surface area contributed by atoms with E-state index in [0.717, 1.165) is 5.56 Å². The first-order valence-electron chi connectivity index (χ1n) is 10.5. The summed E-state index contributed by atoms with van der Waals surface area (Å²) in [6.45, 7) is 1.90. The average molecular weight is 448 g/mol. The molecule has 2 atom stereocenters. The molecule has 0 saturated carbocycles. The van der Waals surface area contributed by atoms with Gasteiger partial charge in [0.05, 0.1) is 0 Å². The van der Waals surface area contributed by atoms with Crippen molar-refractivity contribution in [1.82, 2.24) is 9.88 Å². The Bertz CT molecular complexity index is 1290. The molecule has 33 heavy (non-hydrogen) atoms. The van der Waals surface area contributed by atoms with Crippen molar-refractivity contribution in [2.24, 2.45) is 10.7 Å². The van der Waals surface area contributed by atoms with Gasteiger partial charge >= 0.3 is 0 Å². The summed E-state index contributed by atoms with van der Waals surface area (Å²) in [5.41, 5.74) is 6.19. The van der Waals surface area contributed by atoms with Crippen LogP contribution in [-0.2, 0) is 16.8 Å². The molecule has 2 aromatic carbocycles. The molecule has 0 radical (unpaired) electrons. The van der Waals surface area contributed by atoms with Gasteiger partial charge in [-0.2, -0.15) is 4.39 Å². The molecule has 0 saturated heterocycles. The van der Waals surface area contributed by atoms with E-state index >= 15 is 0 Å². The third kappa shape index (κ3) is 3.42. The van der Waals surface area contributed by atoms with Gasteiger partial charge in [0.2, 0.25) is 5.95 Å². The third-order valence-corrected chi connectivity index (χ3v) is 6.28. The van der Waals surface area contributed by atoms with Crippen LogP contribution in [0.5, 0.6) is 5.75 Å². The highest BCUT2D eigenvalue weighted by Gasteiger charge is 2.56. The Kier molecular flexibility index (Phi) is 4.70. The molecule has 168 valence electrons. The van der Waals surface area contributed by atoms with E-state index in [1.807, 2.05) is 6.92 Å². The monoisotopic (exact) mass is 448 g/mol. The Morgan fingerprint density at radius 3 is 2.58 bits per heavy atom. The van der Waals surface area contributed by atoms with Gasteiger partial charge in [0.25, 0.3) is 5.91 Å². The van der Waals surface area contributed by atoms with E-state index in [4.69, 9.17) is 10.5 Å². The Hall–Kier alpha value is -3.81. The number of aromatic nitrogens is 1. The highest BCUT2D eigenvalue weighted by Crippen LogP contribution is 2.50. The van der Waals surface area contributed by atoms with Crippen molar-refractivity contribution < 1.29 is 18.3 Å². The van der Waals surface area contributed by atoms with Crippen LogP contribution in [0.15, 0.2) is 65.8 Å². The first-order chi connectivity index (χ1) is 15.7. The largest absolute Gasteiger partial charge is 0.487 e. The summed E-state index contributed by atoms with van der Waals surface area (Å²) in [5, 5.41) is 0. The fourth-order valence-electron chi connectivity index (χ4n) is 4.77. The number of rotatable bonds is 3. The molecule has 1 amide bonds. The fourth-order valence-corrected chi connectivity index (χ4v) is 4.77. The topological polar surface area (TPSA) is 80.8 Å². The zero-order chi connectivity index (χ0) is 23.4. The fraction of sp³-hybridized carbons (Fsp3) is 0.240. The van der Waals surface area contributed by atoms with Gasteiger partial charge in [0, 0.05) is 37.2 Å². The maximum Gasteiger partial charge on any atom is 0.261 e. The standard InChI is InChI=1S/C25H22F2N4O2/c1-24(13-15-5-8-17(26)9-6-15)14-25(22(32)31(2)23(28)30-25)19-12-16(7-10-20(19)33-24)18-4-3-11-29-21(18)27/h3-12H,13-14H2,1-2H3,(H2,28,30)/t24-,25-/m1/s1. The van der Waals surface area contributed by atoms with E-state index in [0.29, 0.717) is 28.9 Å². The molecule has 0 unspecified atom stereocenters. The second-order valence-electron chi connectivity index (χ2n) is 8.78. The Balaban J connectivity index is 1.64. The summed E-state index contributed by atoms with van der Waals surface area (Å²) in [6, 6.07) is 14.6. The van der Waals surface area contributed by atoms with Crippen molar-refractivity contribution in [2.75, 3.05) is 7.05 Å². The molecule has 2 N–H and O–H groups in total. The van der Waals surface area contributed by atoms with Crippen LogP contribution >= 0.6 is 0 Å². The maximum atomic E-state index is 14.4. The number of halogens is 2. The maximum absolute atomic E-state index is 14.4. The van der Waals surface area contributed by atoms with Crippen LogP contribution in [0.1, 0.15) is 24.5 Å². The number of ether oxygens (including phenoxy) is 1. The number of carbonyl (C=O) groups is 1. The summed E-state index contributed by atoms with van der Waals surface area (Å²) in [7, 11) is 1.58. The number of benzene rings is 2. The molecule has 2 aliphatic heterocycles. The highest BCUT2D eigenvalue weighted by molar-refractivity contribution is 6.07. The van der Waals surface area contributed by atoms with Gasteiger partial charge in [-0.15, -0.1) is 0 Å². The normalized spacial score (nSPS) is 23.9. The van der Waals surface area contributed by atoms with Crippen LogP contribution in [0.2, 0.25) is 0 Å². The molecule has 3 aromatic rings. The average Bonchev–Trinajstić information content (AvgIpc) is 2.99. The number of guanidine groups is 1. The van der Waals surface area contributed by atoms with Crippen LogP contribution in [-0.4, -0.2) is 34.4 Å². The minimum atomic E-state index is -1.31. The summed E-state index contributed by atoms with van der Waals surface area (Å²) < 4.78 is 34.2. The smallest absolute Gasteiger partial charge is 0.261 e. The number of nitrogens with two attached hydrogens (primary N) is 1. The first kappa shape index (κ1) is 21.1. The van der Waals surface area contributed by atoms with E-state index < -0.39 is 17.1 Å². The molecule has 1 spiro atoms. The lowest BCUT2D eigenvalue weighted by atomic mass is 9.74. The van der Waals surface area contributed by atoms with Gasteiger partial charge in [0.15, 0.2) is 11.5 Å². The molecule has 0 fully saturated rings. The van der Waals surface area contributed by atoms with Crippen molar-refractivity contribution in [3.05, 3.63) is 83.7 Å². The number of hydrogen-bond acceptors (Lipinski definition) is 5. The van der Waals surface area contributed by atoms with Crippen LogP contribution in [0.3, 0.4) is 0 Å². The lowest BCUT2D eigenvalue weighted by Crippen LogP contribution is -2.51. The second kappa shape index (κ2) is 7.37. The van der Waals surface area contributed by atoms with Crippen molar-refractivity contribution in [3.63, 3.8) is 0 Å². The van der Waals surface area contributed by atoms with Gasteiger partial charge in [0.1, 0.15) is 17.2 Å². The summed E-state index contributed by atoms with van der Waals surface area (Å²) in [4.78, 5) is 23.2. The quantitative estimate of drug-likeness (QED) is 0.618. The van der Waals surface area contributed by atoms with Crippen LogP contribution in [0.25, 0.3) is 11.1 Å². The molecule has 6 nitrogen and oxygen atoms in total. The number of aliphatic imine (C=N–C) groups is 1. The molecular formula is C25H22F2N4O2. The lowest BCUT2D eigenvalue weighted by Gasteiger charge is -2.43. The lowest BCUT2D eigenvalue weighted by molar-refractivity contribution is -0.133. The third-order valence-electron chi connectivity index (χ3n) is 6.28. The van der Waals surface area contributed by atoms with Crippen LogP contribution in [0.4, 0.5) is 8.78 Å². The molecule has 0 bridgehead atoms. The van der Waals surface area contributed by atoms with Gasteiger partial charge in [-0.25, -0.2) is 14.4 Å². The SMILES string of the molecule is CN1C(=O)[C@]2(C[C@@](C)(Cc3ccc(F)cc3)Oc3ccc(-c4cccnc4F)cc32)N=C1N. The molecule has 8 heteroatoms. The van der Waals surface area contributed by atoms with Crippen LogP contribution in [0, 0.1) is 11.8 Å². The van der Waals surface area contributed by atoms with Crippen LogP contribution < -0.4 is 10.5 Å². The predicted molar refractivity (Wildman–Crippen MR) is 119 cm³/mol. The van der Waals surface area contributed by atoms with Gasteiger partial charge in [-0.3, -0.25) is 9.69 Å². The molecule has 0 aliphatic carbocycles. The minimum absolute atomic E-state index is 0.106. The Morgan fingerprint density at radius 2 is 1.91 bits per heavy atom. The van der Waals surface area contributed by atoms with E-state index in [1.165, 1.54) is 23.2 Å². The van der Waals surface area contributed by atoms with Crippen molar-refractivity contribution in [3.8, 4) is 16.9 Å². The van der Waals surface area contributed by atoms with Crippen molar-refractivity contribution >= 4 is 11.9 Å². The van der Waals surface area contributed by atoms with E-state index in [9.17, 15) is 13.6 Å². The van der Waals surface area contributed by atoms with E-state index in [1.54, 1.807) is 49.5 Å². The van der Waals surface area contributed by atoms with Gasteiger partial charge in [-0.1, -0.05) is 18.2 Å². The second-order valence-corrected chi connectivity index (χ2v) is 8.78. The van der Waals surface area contributed by atoms with E-state index in [2.05, 4.69) is 9.98 Å². The minimum Gasteiger partial charge on any atom is -0.487 e. The number of carbonyl (C=O) groups excluding carboxylic acids is 1. The van der Waals surface area contributed by atoms with Gasteiger partial charge < -0.3 is 10.5 Å². The number of nitrogens with zero attached hydrogens (tertiary/aromatic N) is 3. The zero-order valence-electron chi connectivity index (χ0n) is 18.2. The molecule has 2 aliphatic rings. The Labute approximate surface area is 189 Å². The molecule has 3 heterocycles. The van der Waals surface area contributed by atoms with Gasteiger partial charge in [-0.05, 0) is 54.4 Å². The molecule has 5 rings (SSSR count). The number of hydrogen-bond donors (Lipinski definition) is 1. The molecular weight excluding hydrogens is 426 g/mol. The number of fused-ring (bicyclic) bond motifs is 2. The van der Waals surface area contributed by atoms with Crippen molar-refractivity contribution in [2.45, 2.75) is 30.9 Å². The predicted octanol–water partition coefficient (Wildman–Crippen LogP) is 3.79. The number of pyridine rings is 1. The summed E-state index contributed by atoms with van der Waals surface area (Å²) in [6.07, 6.45) is 2.02. The summed E-state index contributed by atoms with van der Waals surface area (Å²) in [5.74, 6) is -0.634. The highest BCUT2D eigenvalue weighted by atomic mass is 19.1. The first-order valence-corrected chi connectivity index (χ1v) is 10.5. The number of amides is 1. The summed E-state index contributed by atoms with van der Waals surface area (Å²) >= 11 is 0. The number of likely N-dealkylation sites (N-methyl/N-ethyl adjacent to an activating group) is 1.